The molecule has 1 aliphatic heterocycles. The number of anilines is 1. The molecule has 1 saturated heterocycles. The van der Waals surface area contributed by atoms with Gasteiger partial charge in [-0.15, -0.1) is 0 Å². The molecule has 0 spiro atoms. The van der Waals surface area contributed by atoms with Crippen LogP contribution in [0.3, 0.4) is 0 Å². The maximum atomic E-state index is 12.4. The first-order valence-corrected chi connectivity index (χ1v) is 9.10. The zero-order valence-corrected chi connectivity index (χ0v) is 14.7. The standard InChI is InChI=1S/C19H23N3OS/c1-15-13-20-11-12-22(15)14-19(23)21-17-9-5-6-10-18(17)24-16-7-3-2-4-8-16/h2-10,15,20H,11-14H2,1H3,(H,21,23)/t15-/m1/s1. The van der Waals surface area contributed by atoms with E-state index in [4.69, 9.17) is 0 Å². The zero-order valence-electron chi connectivity index (χ0n) is 13.9. The number of carbonyl (C=O) groups excluding carboxylic acids is 1. The van der Waals surface area contributed by atoms with Gasteiger partial charge in [-0.3, -0.25) is 9.69 Å². The van der Waals surface area contributed by atoms with Crippen LogP contribution < -0.4 is 10.6 Å². The summed E-state index contributed by atoms with van der Waals surface area (Å²) in [5.41, 5.74) is 0.874. The fraction of sp³-hybridized carbons (Fsp3) is 0.316. The molecule has 0 radical (unpaired) electrons. The Hall–Kier alpha value is -1.82. The van der Waals surface area contributed by atoms with Gasteiger partial charge in [0.2, 0.25) is 5.91 Å². The van der Waals surface area contributed by atoms with Gasteiger partial charge in [0.05, 0.1) is 12.2 Å². The molecule has 4 nitrogen and oxygen atoms in total. The van der Waals surface area contributed by atoms with Crippen molar-refractivity contribution in [3.05, 3.63) is 54.6 Å². The van der Waals surface area contributed by atoms with Crippen molar-refractivity contribution in [3.63, 3.8) is 0 Å². The molecule has 0 saturated carbocycles. The average molecular weight is 341 g/mol. The largest absolute Gasteiger partial charge is 0.324 e. The van der Waals surface area contributed by atoms with Crippen LogP contribution in [-0.2, 0) is 4.79 Å². The Morgan fingerprint density at radius 2 is 1.96 bits per heavy atom. The third-order valence-electron chi connectivity index (χ3n) is 4.12. The van der Waals surface area contributed by atoms with Crippen molar-refractivity contribution >= 4 is 23.4 Å². The molecule has 5 heteroatoms. The van der Waals surface area contributed by atoms with Gasteiger partial charge in [-0.1, -0.05) is 42.1 Å². The van der Waals surface area contributed by atoms with Gasteiger partial charge in [-0.05, 0) is 31.2 Å². The minimum absolute atomic E-state index is 0.0462. The Bertz CT molecular complexity index is 677. The Morgan fingerprint density at radius 3 is 2.75 bits per heavy atom. The summed E-state index contributed by atoms with van der Waals surface area (Å²) in [5, 5.41) is 6.42. The second-order valence-corrected chi connectivity index (χ2v) is 7.10. The minimum atomic E-state index is 0.0462. The molecule has 0 bridgehead atoms. The summed E-state index contributed by atoms with van der Waals surface area (Å²) >= 11 is 1.66. The number of piperazine rings is 1. The monoisotopic (exact) mass is 341 g/mol. The van der Waals surface area contributed by atoms with Crippen LogP contribution in [0.1, 0.15) is 6.92 Å². The van der Waals surface area contributed by atoms with Crippen molar-refractivity contribution in [3.8, 4) is 0 Å². The van der Waals surface area contributed by atoms with E-state index in [1.165, 1.54) is 0 Å². The van der Waals surface area contributed by atoms with Gasteiger partial charge in [0.15, 0.2) is 0 Å². The smallest absolute Gasteiger partial charge is 0.238 e. The lowest BCUT2D eigenvalue weighted by Crippen LogP contribution is -2.52. The molecule has 2 N–H and O–H groups in total. The van der Waals surface area contributed by atoms with E-state index < -0.39 is 0 Å². The van der Waals surface area contributed by atoms with Gasteiger partial charge >= 0.3 is 0 Å². The predicted molar refractivity (Wildman–Crippen MR) is 99.5 cm³/mol. The van der Waals surface area contributed by atoms with Crippen molar-refractivity contribution in [1.29, 1.82) is 0 Å². The van der Waals surface area contributed by atoms with Crippen LogP contribution in [-0.4, -0.2) is 43.0 Å². The van der Waals surface area contributed by atoms with Gasteiger partial charge < -0.3 is 10.6 Å². The van der Waals surface area contributed by atoms with E-state index in [2.05, 4.69) is 34.6 Å². The summed E-state index contributed by atoms with van der Waals surface area (Å²) in [5.74, 6) is 0.0462. The van der Waals surface area contributed by atoms with Gasteiger partial charge in [0.1, 0.15) is 0 Å². The highest BCUT2D eigenvalue weighted by molar-refractivity contribution is 7.99. The number of hydrogen-bond donors (Lipinski definition) is 2. The Balaban J connectivity index is 1.65. The fourth-order valence-corrected chi connectivity index (χ4v) is 3.69. The van der Waals surface area contributed by atoms with Crippen molar-refractivity contribution in [2.24, 2.45) is 0 Å². The quantitative estimate of drug-likeness (QED) is 0.877. The molecule has 0 unspecified atom stereocenters. The number of hydrogen-bond acceptors (Lipinski definition) is 4. The molecule has 2 aromatic carbocycles. The summed E-state index contributed by atoms with van der Waals surface area (Å²) in [6.45, 7) is 5.38. The molecule has 1 heterocycles. The van der Waals surface area contributed by atoms with Crippen LogP contribution in [0.15, 0.2) is 64.4 Å². The molecule has 1 aliphatic rings. The Kier molecular flexibility index (Phi) is 5.91. The summed E-state index contributed by atoms with van der Waals surface area (Å²) < 4.78 is 0. The highest BCUT2D eigenvalue weighted by Crippen LogP contribution is 2.33. The fourth-order valence-electron chi connectivity index (χ4n) is 2.77. The van der Waals surface area contributed by atoms with Crippen molar-refractivity contribution < 1.29 is 4.79 Å². The van der Waals surface area contributed by atoms with Crippen molar-refractivity contribution in [1.82, 2.24) is 10.2 Å². The van der Waals surface area contributed by atoms with Crippen LogP contribution in [0, 0.1) is 0 Å². The molecule has 0 aromatic heterocycles. The van der Waals surface area contributed by atoms with Crippen molar-refractivity contribution in [2.45, 2.75) is 22.8 Å². The SMILES string of the molecule is C[C@@H]1CNCCN1CC(=O)Nc1ccccc1Sc1ccccc1. The van der Waals surface area contributed by atoms with Crippen LogP contribution in [0.5, 0.6) is 0 Å². The molecule has 126 valence electrons. The highest BCUT2D eigenvalue weighted by atomic mass is 32.2. The minimum Gasteiger partial charge on any atom is -0.324 e. The van der Waals surface area contributed by atoms with E-state index in [1.807, 2.05) is 42.5 Å². The number of nitrogens with zero attached hydrogens (tertiary/aromatic N) is 1. The van der Waals surface area contributed by atoms with E-state index in [9.17, 15) is 4.79 Å². The summed E-state index contributed by atoms with van der Waals surface area (Å²) in [6, 6.07) is 18.6. The predicted octanol–water partition coefficient (Wildman–Crippen LogP) is 3.07. The second-order valence-electron chi connectivity index (χ2n) is 5.98. The zero-order chi connectivity index (χ0) is 16.8. The number of amides is 1. The molecule has 2 aromatic rings. The molecule has 24 heavy (non-hydrogen) atoms. The molecular formula is C19H23N3OS. The molecule has 3 rings (SSSR count). The maximum Gasteiger partial charge on any atom is 0.238 e. The lowest BCUT2D eigenvalue weighted by atomic mass is 10.2. The van der Waals surface area contributed by atoms with E-state index >= 15 is 0 Å². The average Bonchev–Trinajstić information content (AvgIpc) is 2.60. The topological polar surface area (TPSA) is 44.4 Å². The number of para-hydroxylation sites is 1. The van der Waals surface area contributed by atoms with Crippen LogP contribution in [0.2, 0.25) is 0 Å². The van der Waals surface area contributed by atoms with Crippen molar-refractivity contribution in [2.75, 3.05) is 31.5 Å². The Labute approximate surface area is 147 Å². The van der Waals surface area contributed by atoms with Gasteiger partial charge in [-0.2, -0.15) is 0 Å². The number of rotatable bonds is 5. The first-order chi connectivity index (χ1) is 11.7. The van der Waals surface area contributed by atoms with E-state index in [0.29, 0.717) is 12.6 Å². The molecule has 1 fully saturated rings. The first kappa shape index (κ1) is 17.0. The van der Waals surface area contributed by atoms with Crippen LogP contribution in [0.4, 0.5) is 5.69 Å². The first-order valence-electron chi connectivity index (χ1n) is 8.29. The van der Waals surface area contributed by atoms with E-state index in [1.54, 1.807) is 11.8 Å². The molecule has 1 amide bonds. The Morgan fingerprint density at radius 1 is 1.21 bits per heavy atom. The van der Waals surface area contributed by atoms with Gasteiger partial charge in [-0.25, -0.2) is 0 Å². The highest BCUT2D eigenvalue weighted by Gasteiger charge is 2.20. The van der Waals surface area contributed by atoms with E-state index in [-0.39, 0.29) is 5.91 Å². The number of benzene rings is 2. The third-order valence-corrected chi connectivity index (χ3v) is 5.20. The van der Waals surface area contributed by atoms with E-state index in [0.717, 1.165) is 35.1 Å². The van der Waals surface area contributed by atoms with Gasteiger partial charge in [0, 0.05) is 35.5 Å². The number of nitrogens with one attached hydrogen (secondary N) is 2. The second kappa shape index (κ2) is 8.33. The van der Waals surface area contributed by atoms with Gasteiger partial charge in [0.25, 0.3) is 0 Å². The normalized spacial score (nSPS) is 18.3. The molecule has 1 atom stereocenters. The lowest BCUT2D eigenvalue weighted by Gasteiger charge is -2.33. The van der Waals surface area contributed by atoms with Crippen LogP contribution in [0.25, 0.3) is 0 Å². The summed E-state index contributed by atoms with van der Waals surface area (Å²) in [4.78, 5) is 16.9. The molecular weight excluding hydrogens is 318 g/mol. The number of carbonyl (C=O) groups is 1. The third kappa shape index (κ3) is 4.60. The summed E-state index contributed by atoms with van der Waals surface area (Å²) in [6.07, 6.45) is 0. The summed E-state index contributed by atoms with van der Waals surface area (Å²) in [7, 11) is 0. The van der Waals surface area contributed by atoms with Crippen LogP contribution >= 0.6 is 11.8 Å². The molecule has 0 aliphatic carbocycles. The maximum absolute atomic E-state index is 12.4. The lowest BCUT2D eigenvalue weighted by molar-refractivity contribution is -0.118.